The predicted molar refractivity (Wildman–Crippen MR) is 111 cm³/mol. The minimum Gasteiger partial charge on any atom is -0.444 e. The molecule has 1 amide bonds. The highest BCUT2D eigenvalue weighted by Crippen LogP contribution is 2.20. The third kappa shape index (κ3) is 5.20. The lowest BCUT2D eigenvalue weighted by Crippen LogP contribution is -2.50. The largest absolute Gasteiger partial charge is 0.444 e. The van der Waals surface area contributed by atoms with Crippen molar-refractivity contribution in [1.82, 2.24) is 4.90 Å². The van der Waals surface area contributed by atoms with Crippen molar-refractivity contribution in [2.45, 2.75) is 44.9 Å². The molecule has 5 heteroatoms. The summed E-state index contributed by atoms with van der Waals surface area (Å²) in [5.41, 5.74) is 2.33. The van der Waals surface area contributed by atoms with Gasteiger partial charge in [-0.25, -0.2) is 4.79 Å². The second-order valence-electron chi connectivity index (χ2n) is 8.06. The minimum atomic E-state index is -0.733. The van der Waals surface area contributed by atoms with Crippen LogP contribution in [0.1, 0.15) is 38.3 Å². The van der Waals surface area contributed by atoms with Gasteiger partial charge in [-0.15, -0.1) is 0 Å². The van der Waals surface area contributed by atoms with Crippen LogP contribution < -0.4 is 0 Å². The second kappa shape index (κ2) is 8.57. The van der Waals surface area contributed by atoms with E-state index in [0.717, 1.165) is 16.8 Å². The summed E-state index contributed by atoms with van der Waals surface area (Å²) in [7, 11) is 0. The number of nitrogens with zero attached hydrogens (tertiary/aromatic N) is 2. The fourth-order valence-corrected chi connectivity index (χ4v) is 3.24. The Bertz CT molecular complexity index is 771. The van der Waals surface area contributed by atoms with Gasteiger partial charge in [-0.2, -0.15) is 0 Å². The molecule has 0 aromatic heterocycles. The Balaban J connectivity index is 1.80. The van der Waals surface area contributed by atoms with E-state index in [1.807, 2.05) is 81.4 Å². The van der Waals surface area contributed by atoms with Crippen LogP contribution in [0.25, 0.3) is 0 Å². The highest BCUT2D eigenvalue weighted by atomic mass is 16.6. The third-order valence-electron chi connectivity index (χ3n) is 4.59. The number of likely N-dealkylation sites (tertiary alicyclic amines) is 1. The normalized spacial score (nSPS) is 19.8. The molecule has 3 rings (SSSR count). The van der Waals surface area contributed by atoms with E-state index in [0.29, 0.717) is 13.0 Å². The number of piperidine rings is 1. The first kappa shape index (κ1) is 20.1. The summed E-state index contributed by atoms with van der Waals surface area (Å²) in [4.78, 5) is 18.8. The predicted octanol–water partition coefficient (Wildman–Crippen LogP) is 3.89. The molecule has 0 aliphatic carbocycles. The maximum atomic E-state index is 12.3. The van der Waals surface area contributed by atoms with Gasteiger partial charge in [0.25, 0.3) is 0 Å². The zero-order valence-corrected chi connectivity index (χ0v) is 16.7. The monoisotopic (exact) mass is 380 g/mol. The molecule has 1 N–H and O–H groups in total. The first-order chi connectivity index (χ1) is 13.3. The Morgan fingerprint density at radius 2 is 1.57 bits per heavy atom. The van der Waals surface area contributed by atoms with Crippen molar-refractivity contribution in [3.8, 4) is 0 Å². The maximum absolute atomic E-state index is 12.3. The summed E-state index contributed by atoms with van der Waals surface area (Å²) < 4.78 is 5.42. The van der Waals surface area contributed by atoms with Crippen LogP contribution in [0.5, 0.6) is 0 Å². The van der Waals surface area contributed by atoms with E-state index in [1.54, 1.807) is 4.90 Å². The van der Waals surface area contributed by atoms with Crippen LogP contribution in [0.4, 0.5) is 4.79 Å². The van der Waals surface area contributed by atoms with Crippen LogP contribution in [0, 0.1) is 0 Å². The van der Waals surface area contributed by atoms with Crippen molar-refractivity contribution < 1.29 is 14.6 Å². The van der Waals surface area contributed by atoms with Gasteiger partial charge in [0.1, 0.15) is 5.60 Å². The number of rotatable bonds is 3. The van der Waals surface area contributed by atoms with Crippen molar-refractivity contribution in [3.05, 3.63) is 71.8 Å². The Morgan fingerprint density at radius 3 is 2.04 bits per heavy atom. The van der Waals surface area contributed by atoms with E-state index < -0.39 is 11.7 Å². The first-order valence-electron chi connectivity index (χ1n) is 9.68. The lowest BCUT2D eigenvalue weighted by atomic mass is 9.99. The number of carbonyl (C=O) groups excluding carboxylic acids is 1. The number of amides is 1. The summed E-state index contributed by atoms with van der Waals surface area (Å²) >= 11 is 0. The quantitative estimate of drug-likeness (QED) is 0.822. The fraction of sp³-hybridized carbons (Fsp3) is 0.391. The third-order valence-corrected chi connectivity index (χ3v) is 4.59. The molecule has 0 radical (unpaired) electrons. The fourth-order valence-electron chi connectivity index (χ4n) is 3.24. The van der Waals surface area contributed by atoms with Gasteiger partial charge in [-0.05, 0) is 27.2 Å². The van der Waals surface area contributed by atoms with Crippen LogP contribution in [0.3, 0.4) is 0 Å². The van der Waals surface area contributed by atoms with E-state index in [2.05, 4.69) is 0 Å². The second-order valence-corrected chi connectivity index (χ2v) is 8.06. The number of benzene rings is 2. The van der Waals surface area contributed by atoms with Gasteiger partial charge in [-0.3, -0.25) is 4.99 Å². The van der Waals surface area contributed by atoms with Crippen molar-refractivity contribution in [1.29, 1.82) is 0 Å². The van der Waals surface area contributed by atoms with Crippen LogP contribution >= 0.6 is 0 Å². The number of β-amino-alcohol motifs (C(OH)–C–C–N with tert-alkyl or cyclic N) is 1. The lowest BCUT2D eigenvalue weighted by Gasteiger charge is -2.35. The summed E-state index contributed by atoms with van der Waals surface area (Å²) in [5.74, 6) is 0. The van der Waals surface area contributed by atoms with Gasteiger partial charge in [0.15, 0.2) is 0 Å². The molecule has 1 heterocycles. The molecule has 5 nitrogen and oxygen atoms in total. The Morgan fingerprint density at radius 1 is 1.04 bits per heavy atom. The molecule has 1 fully saturated rings. The highest BCUT2D eigenvalue weighted by molar-refractivity contribution is 6.13. The van der Waals surface area contributed by atoms with Crippen molar-refractivity contribution >= 4 is 11.8 Å². The van der Waals surface area contributed by atoms with E-state index in [4.69, 9.17) is 9.73 Å². The summed E-state index contributed by atoms with van der Waals surface area (Å²) in [6.07, 6.45) is -0.534. The molecule has 1 aliphatic heterocycles. The number of aliphatic imine (C=N–C) groups is 1. The smallest absolute Gasteiger partial charge is 0.410 e. The van der Waals surface area contributed by atoms with E-state index in [9.17, 15) is 9.90 Å². The molecule has 2 unspecified atom stereocenters. The highest BCUT2D eigenvalue weighted by Gasteiger charge is 2.32. The van der Waals surface area contributed by atoms with E-state index in [1.165, 1.54) is 0 Å². The van der Waals surface area contributed by atoms with Crippen LogP contribution in [-0.4, -0.2) is 52.6 Å². The average molecular weight is 380 g/mol. The van der Waals surface area contributed by atoms with Crippen molar-refractivity contribution in [2.24, 2.45) is 4.99 Å². The van der Waals surface area contributed by atoms with Crippen LogP contribution in [0.2, 0.25) is 0 Å². The number of hydrogen-bond donors (Lipinski definition) is 1. The van der Waals surface area contributed by atoms with Gasteiger partial charge < -0.3 is 14.7 Å². The lowest BCUT2D eigenvalue weighted by molar-refractivity contribution is -0.000365. The number of hydrogen-bond acceptors (Lipinski definition) is 4. The van der Waals surface area contributed by atoms with Gasteiger partial charge in [0.05, 0.1) is 24.4 Å². The van der Waals surface area contributed by atoms with Gasteiger partial charge in [0.2, 0.25) is 0 Å². The summed E-state index contributed by atoms with van der Waals surface area (Å²) in [6.45, 7) is 6.25. The van der Waals surface area contributed by atoms with Crippen molar-refractivity contribution in [3.63, 3.8) is 0 Å². The maximum Gasteiger partial charge on any atom is 0.410 e. The van der Waals surface area contributed by atoms with Crippen LogP contribution in [0.15, 0.2) is 65.7 Å². The van der Waals surface area contributed by atoms with Gasteiger partial charge in [0, 0.05) is 17.7 Å². The molecule has 28 heavy (non-hydrogen) atoms. The number of aliphatic hydroxyl groups excluding tert-OH is 1. The molecular weight excluding hydrogens is 352 g/mol. The topological polar surface area (TPSA) is 62.1 Å². The average Bonchev–Trinajstić information content (AvgIpc) is 2.67. The summed E-state index contributed by atoms with van der Waals surface area (Å²) in [6, 6.07) is 19.7. The van der Waals surface area contributed by atoms with Crippen LogP contribution in [-0.2, 0) is 4.74 Å². The number of carbonyl (C=O) groups is 1. The molecule has 0 saturated carbocycles. The molecule has 1 aliphatic rings. The summed E-state index contributed by atoms with van der Waals surface area (Å²) in [5, 5.41) is 10.7. The Kier molecular flexibility index (Phi) is 6.15. The molecule has 0 bridgehead atoms. The van der Waals surface area contributed by atoms with Gasteiger partial charge >= 0.3 is 6.09 Å². The van der Waals surface area contributed by atoms with E-state index >= 15 is 0 Å². The molecule has 148 valence electrons. The molecule has 2 atom stereocenters. The number of aliphatic hydroxyl groups is 1. The minimum absolute atomic E-state index is 0.222. The van der Waals surface area contributed by atoms with Crippen molar-refractivity contribution in [2.75, 3.05) is 13.1 Å². The molecule has 0 spiro atoms. The van der Waals surface area contributed by atoms with Gasteiger partial charge in [-0.1, -0.05) is 60.7 Å². The SMILES string of the molecule is CC(C)(C)OC(=O)N1CCC(N=C(c2ccccc2)c2ccccc2)C(O)C1. The van der Waals surface area contributed by atoms with E-state index in [-0.39, 0.29) is 18.7 Å². The Hall–Kier alpha value is -2.66. The first-order valence-corrected chi connectivity index (χ1v) is 9.68. The molecule has 1 saturated heterocycles. The molecule has 2 aromatic rings. The standard InChI is InChI=1S/C23H28N2O3/c1-23(2,3)28-22(27)25-15-14-19(20(26)16-25)24-21(17-10-6-4-7-11-17)18-12-8-5-9-13-18/h4-13,19-20,26H,14-16H2,1-3H3. The Labute approximate surface area is 166 Å². The molecular formula is C23H28N2O3. The molecule has 2 aromatic carbocycles. The zero-order valence-electron chi connectivity index (χ0n) is 16.7. The zero-order chi connectivity index (χ0) is 20.1. The number of ether oxygens (including phenoxy) is 1.